The van der Waals surface area contributed by atoms with Gasteiger partial charge in [-0.3, -0.25) is 9.88 Å². The Morgan fingerprint density at radius 3 is 3.25 bits per heavy atom. The molecule has 0 radical (unpaired) electrons. The summed E-state index contributed by atoms with van der Waals surface area (Å²) in [4.78, 5) is 6.68. The standard InChI is InChI=1S/C13H21N3/c1-11-7-15-5-6-16(9-11)10-13-3-4-14-8-12(13)2/h3-4,8,11,15H,5-7,9-10H2,1-2H3. The molecule has 1 aromatic rings. The second-order valence-corrected chi connectivity index (χ2v) is 4.85. The summed E-state index contributed by atoms with van der Waals surface area (Å²) in [6.45, 7) is 10.1. The molecular formula is C13H21N3. The van der Waals surface area contributed by atoms with Gasteiger partial charge in [0.1, 0.15) is 0 Å². The summed E-state index contributed by atoms with van der Waals surface area (Å²) in [5.74, 6) is 0.740. The SMILES string of the molecule is Cc1cnccc1CN1CCNCC(C)C1. The number of rotatable bonds is 2. The fourth-order valence-electron chi connectivity index (χ4n) is 2.25. The minimum atomic E-state index is 0.740. The zero-order chi connectivity index (χ0) is 11.4. The van der Waals surface area contributed by atoms with Gasteiger partial charge in [0.05, 0.1) is 0 Å². The van der Waals surface area contributed by atoms with E-state index < -0.39 is 0 Å². The second kappa shape index (κ2) is 5.41. The molecule has 0 saturated carbocycles. The number of aryl methyl sites for hydroxylation is 1. The van der Waals surface area contributed by atoms with Crippen LogP contribution in [0.4, 0.5) is 0 Å². The molecule has 1 N–H and O–H groups in total. The molecule has 1 atom stereocenters. The maximum Gasteiger partial charge on any atom is 0.0300 e. The highest BCUT2D eigenvalue weighted by Crippen LogP contribution is 2.11. The second-order valence-electron chi connectivity index (χ2n) is 4.85. The first-order valence-electron chi connectivity index (χ1n) is 6.08. The molecule has 0 aliphatic carbocycles. The van der Waals surface area contributed by atoms with E-state index in [1.807, 2.05) is 12.4 Å². The van der Waals surface area contributed by atoms with Crippen molar-refractivity contribution in [3.63, 3.8) is 0 Å². The lowest BCUT2D eigenvalue weighted by molar-refractivity contribution is 0.256. The van der Waals surface area contributed by atoms with E-state index in [1.54, 1.807) is 0 Å². The molecule has 1 aromatic heterocycles. The van der Waals surface area contributed by atoms with E-state index in [1.165, 1.54) is 17.7 Å². The Labute approximate surface area is 97.9 Å². The third kappa shape index (κ3) is 3.03. The van der Waals surface area contributed by atoms with Crippen LogP contribution in [0, 0.1) is 12.8 Å². The highest BCUT2D eigenvalue weighted by Gasteiger charge is 2.14. The zero-order valence-corrected chi connectivity index (χ0v) is 10.2. The highest BCUT2D eigenvalue weighted by molar-refractivity contribution is 5.21. The van der Waals surface area contributed by atoms with E-state index >= 15 is 0 Å². The van der Waals surface area contributed by atoms with Gasteiger partial charge in [0.2, 0.25) is 0 Å². The summed E-state index contributed by atoms with van der Waals surface area (Å²) in [5, 5.41) is 3.47. The van der Waals surface area contributed by atoms with Crippen molar-refractivity contribution >= 4 is 0 Å². The molecule has 3 heteroatoms. The minimum absolute atomic E-state index is 0.740. The fourth-order valence-corrected chi connectivity index (χ4v) is 2.25. The van der Waals surface area contributed by atoms with Gasteiger partial charge in [0, 0.05) is 38.6 Å². The van der Waals surface area contributed by atoms with E-state index in [-0.39, 0.29) is 0 Å². The molecule has 1 fully saturated rings. The molecule has 0 aromatic carbocycles. The summed E-state index contributed by atoms with van der Waals surface area (Å²) < 4.78 is 0. The first-order chi connectivity index (χ1) is 7.75. The van der Waals surface area contributed by atoms with Crippen LogP contribution in [0.2, 0.25) is 0 Å². The van der Waals surface area contributed by atoms with Crippen molar-refractivity contribution < 1.29 is 0 Å². The van der Waals surface area contributed by atoms with E-state index in [4.69, 9.17) is 0 Å². The number of pyridine rings is 1. The summed E-state index contributed by atoms with van der Waals surface area (Å²) in [6.07, 6.45) is 3.84. The number of hydrogen-bond acceptors (Lipinski definition) is 3. The molecular weight excluding hydrogens is 198 g/mol. The van der Waals surface area contributed by atoms with Crippen molar-refractivity contribution in [3.05, 3.63) is 29.6 Å². The Bertz CT molecular complexity index is 338. The van der Waals surface area contributed by atoms with Crippen LogP contribution in [0.25, 0.3) is 0 Å². The minimum Gasteiger partial charge on any atom is -0.315 e. The third-order valence-corrected chi connectivity index (χ3v) is 3.20. The van der Waals surface area contributed by atoms with Crippen LogP contribution in [0.15, 0.2) is 18.5 Å². The maximum atomic E-state index is 4.14. The third-order valence-electron chi connectivity index (χ3n) is 3.20. The van der Waals surface area contributed by atoms with Crippen LogP contribution in [0.5, 0.6) is 0 Å². The predicted molar refractivity (Wildman–Crippen MR) is 66.3 cm³/mol. The smallest absolute Gasteiger partial charge is 0.0300 e. The Morgan fingerprint density at radius 2 is 2.44 bits per heavy atom. The first kappa shape index (κ1) is 11.6. The summed E-state index contributed by atoms with van der Waals surface area (Å²) in [6, 6.07) is 2.14. The van der Waals surface area contributed by atoms with Crippen LogP contribution in [0.3, 0.4) is 0 Å². The van der Waals surface area contributed by atoms with E-state index in [0.717, 1.165) is 32.1 Å². The monoisotopic (exact) mass is 219 g/mol. The Morgan fingerprint density at radius 1 is 1.56 bits per heavy atom. The molecule has 1 saturated heterocycles. The largest absolute Gasteiger partial charge is 0.315 e. The average molecular weight is 219 g/mol. The van der Waals surface area contributed by atoms with Gasteiger partial charge in [-0.2, -0.15) is 0 Å². The van der Waals surface area contributed by atoms with Crippen LogP contribution in [-0.2, 0) is 6.54 Å². The van der Waals surface area contributed by atoms with Gasteiger partial charge < -0.3 is 5.32 Å². The molecule has 0 amide bonds. The van der Waals surface area contributed by atoms with Crippen molar-refractivity contribution in [2.24, 2.45) is 5.92 Å². The van der Waals surface area contributed by atoms with Gasteiger partial charge in [0.15, 0.2) is 0 Å². The van der Waals surface area contributed by atoms with Crippen molar-refractivity contribution in [1.29, 1.82) is 0 Å². The lowest BCUT2D eigenvalue weighted by Gasteiger charge is -2.22. The molecule has 16 heavy (non-hydrogen) atoms. The normalized spacial score (nSPS) is 23.0. The molecule has 0 bridgehead atoms. The van der Waals surface area contributed by atoms with Crippen molar-refractivity contribution in [2.45, 2.75) is 20.4 Å². The van der Waals surface area contributed by atoms with Crippen molar-refractivity contribution in [3.8, 4) is 0 Å². The molecule has 1 aliphatic rings. The summed E-state index contributed by atoms with van der Waals surface area (Å²) in [7, 11) is 0. The zero-order valence-electron chi connectivity index (χ0n) is 10.2. The van der Waals surface area contributed by atoms with Crippen LogP contribution in [0.1, 0.15) is 18.1 Å². The van der Waals surface area contributed by atoms with Gasteiger partial charge in [0.25, 0.3) is 0 Å². The average Bonchev–Trinajstić information content (AvgIpc) is 2.46. The predicted octanol–water partition coefficient (Wildman–Crippen LogP) is 1.43. The van der Waals surface area contributed by atoms with Crippen LogP contribution < -0.4 is 5.32 Å². The fraction of sp³-hybridized carbons (Fsp3) is 0.615. The summed E-state index contributed by atoms with van der Waals surface area (Å²) >= 11 is 0. The first-order valence-corrected chi connectivity index (χ1v) is 6.08. The molecule has 2 rings (SSSR count). The van der Waals surface area contributed by atoms with E-state index in [2.05, 4.69) is 35.1 Å². The van der Waals surface area contributed by atoms with Crippen molar-refractivity contribution in [2.75, 3.05) is 26.2 Å². The molecule has 0 spiro atoms. The van der Waals surface area contributed by atoms with Gasteiger partial charge in [-0.1, -0.05) is 6.92 Å². The molecule has 88 valence electrons. The topological polar surface area (TPSA) is 28.2 Å². The lowest BCUT2D eigenvalue weighted by atomic mass is 10.1. The Balaban J connectivity index is 2.00. The molecule has 1 aliphatic heterocycles. The van der Waals surface area contributed by atoms with Crippen LogP contribution >= 0.6 is 0 Å². The lowest BCUT2D eigenvalue weighted by Crippen LogP contribution is -2.29. The molecule has 2 heterocycles. The summed E-state index contributed by atoms with van der Waals surface area (Å²) in [5.41, 5.74) is 2.71. The van der Waals surface area contributed by atoms with E-state index in [9.17, 15) is 0 Å². The van der Waals surface area contributed by atoms with Gasteiger partial charge >= 0.3 is 0 Å². The van der Waals surface area contributed by atoms with Gasteiger partial charge in [-0.15, -0.1) is 0 Å². The Hall–Kier alpha value is -0.930. The van der Waals surface area contributed by atoms with Crippen molar-refractivity contribution in [1.82, 2.24) is 15.2 Å². The highest BCUT2D eigenvalue weighted by atomic mass is 15.2. The van der Waals surface area contributed by atoms with E-state index in [0.29, 0.717) is 0 Å². The number of nitrogens with one attached hydrogen (secondary N) is 1. The van der Waals surface area contributed by atoms with Gasteiger partial charge in [-0.05, 0) is 36.6 Å². The van der Waals surface area contributed by atoms with Crippen LogP contribution in [-0.4, -0.2) is 36.1 Å². The Kier molecular flexibility index (Phi) is 3.91. The quantitative estimate of drug-likeness (QED) is 0.815. The number of nitrogens with zero attached hydrogens (tertiary/aromatic N) is 2. The van der Waals surface area contributed by atoms with Gasteiger partial charge in [-0.25, -0.2) is 0 Å². The maximum absolute atomic E-state index is 4.14. The number of hydrogen-bond donors (Lipinski definition) is 1. The molecule has 3 nitrogen and oxygen atoms in total. The number of aromatic nitrogens is 1. The molecule has 1 unspecified atom stereocenters.